The van der Waals surface area contributed by atoms with Gasteiger partial charge in [-0.3, -0.25) is 4.18 Å². The molecule has 3 atom stereocenters. The van der Waals surface area contributed by atoms with Crippen molar-refractivity contribution in [1.82, 2.24) is 14.5 Å². The third-order valence-corrected chi connectivity index (χ3v) is 5.97. The van der Waals surface area contributed by atoms with Crippen LogP contribution in [0.5, 0.6) is 0 Å². The van der Waals surface area contributed by atoms with Crippen molar-refractivity contribution in [2.45, 2.75) is 35.6 Å². The van der Waals surface area contributed by atoms with E-state index >= 15 is 0 Å². The predicted octanol–water partition coefficient (Wildman–Crippen LogP) is 1.68. The molecule has 0 unspecified atom stereocenters. The molecule has 0 saturated carbocycles. The molecule has 0 fully saturated rings. The number of benzene rings is 1. The summed E-state index contributed by atoms with van der Waals surface area (Å²) in [5.74, 6) is -0.652. The molecule has 0 aliphatic heterocycles. The number of fused-ring (bicyclic) bond motifs is 1. The maximum atomic E-state index is 11.0. The van der Waals surface area contributed by atoms with Gasteiger partial charge < -0.3 is 14.8 Å². The highest BCUT2D eigenvalue weighted by Gasteiger charge is 2.29. The first-order valence-electron chi connectivity index (χ1n) is 8.88. The second-order valence-corrected chi connectivity index (χ2v) is 8.69. The van der Waals surface area contributed by atoms with Crippen LogP contribution < -0.4 is 5.14 Å². The minimum atomic E-state index is -4.14. The minimum Gasteiger partial charge on any atom is -0.388 e. The Hall–Kier alpha value is -2.02. The van der Waals surface area contributed by atoms with Crippen molar-refractivity contribution in [2.24, 2.45) is 11.1 Å². The quantitative estimate of drug-likeness (QED) is 0.429. The number of nitrogens with two attached hydrogens (primary N) is 1. The number of nitrogens with zero attached hydrogens (tertiary/aromatic N) is 3. The number of aromatic nitrogens is 3. The fourth-order valence-electron chi connectivity index (χ4n) is 2.89. The van der Waals surface area contributed by atoms with Crippen molar-refractivity contribution in [2.75, 3.05) is 6.61 Å². The average molecular weight is 439 g/mol. The van der Waals surface area contributed by atoms with Crippen LogP contribution in [0.1, 0.15) is 19.6 Å². The van der Waals surface area contributed by atoms with Gasteiger partial charge >= 0.3 is 10.3 Å². The molecule has 0 amide bonds. The third kappa shape index (κ3) is 5.32. The number of hydrogen-bond acceptors (Lipinski definition) is 8. The normalized spacial score (nSPS) is 15.3. The zero-order valence-electron chi connectivity index (χ0n) is 15.6. The summed E-state index contributed by atoms with van der Waals surface area (Å²) in [4.78, 5) is 9.57. The number of hydrogen-bond donors (Lipinski definition) is 3. The summed E-state index contributed by atoms with van der Waals surface area (Å²) in [6, 6.07) is 11.5. The predicted molar refractivity (Wildman–Crippen MR) is 108 cm³/mol. The summed E-state index contributed by atoms with van der Waals surface area (Å²) in [5, 5.41) is 27.6. The van der Waals surface area contributed by atoms with Gasteiger partial charge in [-0.25, -0.2) is 15.1 Å². The van der Waals surface area contributed by atoms with Gasteiger partial charge in [-0.1, -0.05) is 36.9 Å². The van der Waals surface area contributed by atoms with Gasteiger partial charge in [-0.2, -0.15) is 8.42 Å². The average Bonchev–Trinajstić information content (AvgIpc) is 3.13. The van der Waals surface area contributed by atoms with Crippen LogP contribution in [0.15, 0.2) is 58.8 Å². The van der Waals surface area contributed by atoms with Crippen LogP contribution in [0.3, 0.4) is 0 Å². The van der Waals surface area contributed by atoms with Crippen LogP contribution in [-0.4, -0.2) is 45.9 Å². The minimum absolute atomic E-state index is 0.336. The molecule has 0 spiro atoms. The molecule has 9 nitrogen and oxygen atoms in total. The summed E-state index contributed by atoms with van der Waals surface area (Å²) in [6.07, 6.45) is 0.723. The summed E-state index contributed by atoms with van der Waals surface area (Å²) in [6.45, 7) is 1.41. The zero-order chi connectivity index (χ0) is 21.0. The number of rotatable bonds is 9. The monoisotopic (exact) mass is 438 g/mol. The van der Waals surface area contributed by atoms with Crippen molar-refractivity contribution in [3.05, 3.63) is 48.9 Å². The SMILES string of the molecule is CC[C@@H](COS(N)(=O)=O)[C@@H](O)[C@@H](O)n1ccc2c(Sc3ccccc3)ncnc21. The molecular formula is C18H22N4O5S2. The molecule has 0 aliphatic rings. The molecule has 156 valence electrons. The Balaban J connectivity index is 1.84. The van der Waals surface area contributed by atoms with Crippen molar-refractivity contribution >= 4 is 33.1 Å². The van der Waals surface area contributed by atoms with Gasteiger partial charge in [-0.05, 0) is 24.6 Å². The maximum Gasteiger partial charge on any atom is 0.333 e. The molecular weight excluding hydrogens is 416 g/mol. The summed E-state index contributed by atoms with van der Waals surface area (Å²) < 4.78 is 28.1. The molecule has 3 aromatic rings. The largest absolute Gasteiger partial charge is 0.388 e. The molecule has 0 bridgehead atoms. The van der Waals surface area contributed by atoms with Crippen molar-refractivity contribution in [3.63, 3.8) is 0 Å². The highest BCUT2D eigenvalue weighted by Crippen LogP contribution is 2.32. The van der Waals surface area contributed by atoms with Gasteiger partial charge in [0, 0.05) is 17.0 Å². The molecule has 0 saturated heterocycles. The van der Waals surface area contributed by atoms with Crippen LogP contribution >= 0.6 is 11.8 Å². The highest BCUT2D eigenvalue weighted by molar-refractivity contribution is 7.99. The van der Waals surface area contributed by atoms with Gasteiger partial charge in [-0.15, -0.1) is 0 Å². The third-order valence-electron chi connectivity index (χ3n) is 4.47. The standard InChI is InChI=1S/C18H22N4O5S2/c1-2-12(10-27-29(19,25)26)15(23)18(24)22-9-8-14-16(22)20-11-21-17(14)28-13-6-4-3-5-7-13/h3-9,11-12,15,18,23-24H,2,10H2,1H3,(H2,19,25,26)/t12-,15+,18+/m0/s1. The molecule has 4 N–H and O–H groups in total. The zero-order valence-corrected chi connectivity index (χ0v) is 17.3. The first kappa shape index (κ1) is 21.7. The highest BCUT2D eigenvalue weighted by atomic mass is 32.2. The van der Waals surface area contributed by atoms with E-state index in [4.69, 9.17) is 5.14 Å². The topological polar surface area (TPSA) is 141 Å². The Morgan fingerprint density at radius 1 is 1.21 bits per heavy atom. The van der Waals surface area contributed by atoms with Gasteiger partial charge in [0.1, 0.15) is 23.1 Å². The first-order chi connectivity index (χ1) is 13.8. The van der Waals surface area contributed by atoms with Gasteiger partial charge in [0.15, 0.2) is 6.23 Å². The summed E-state index contributed by atoms with van der Waals surface area (Å²) >= 11 is 1.46. The van der Waals surface area contributed by atoms with E-state index in [1.165, 1.54) is 22.7 Å². The lowest BCUT2D eigenvalue weighted by atomic mass is 9.99. The second kappa shape index (κ2) is 9.20. The van der Waals surface area contributed by atoms with Crippen LogP contribution in [0, 0.1) is 5.92 Å². The Morgan fingerprint density at radius 3 is 2.59 bits per heavy atom. The molecule has 2 aromatic heterocycles. The van der Waals surface area contributed by atoms with Gasteiger partial charge in [0.25, 0.3) is 0 Å². The van der Waals surface area contributed by atoms with Crippen LogP contribution in [0.2, 0.25) is 0 Å². The smallest absolute Gasteiger partial charge is 0.333 e. The van der Waals surface area contributed by atoms with Crippen LogP contribution in [0.4, 0.5) is 0 Å². The fraction of sp³-hybridized carbons (Fsp3) is 0.333. The van der Waals surface area contributed by atoms with Crippen LogP contribution in [0.25, 0.3) is 11.0 Å². The lowest BCUT2D eigenvalue weighted by molar-refractivity contribution is -0.0659. The lowest BCUT2D eigenvalue weighted by Crippen LogP contribution is -2.34. The molecule has 1 aromatic carbocycles. The Morgan fingerprint density at radius 2 is 1.93 bits per heavy atom. The van der Waals surface area contributed by atoms with E-state index < -0.39 is 28.6 Å². The Kier molecular flexibility index (Phi) is 6.88. The van der Waals surface area contributed by atoms with Gasteiger partial charge in [0.2, 0.25) is 0 Å². The van der Waals surface area contributed by atoms with E-state index in [-0.39, 0.29) is 6.61 Å². The van der Waals surface area contributed by atoms with E-state index in [1.807, 2.05) is 30.3 Å². The van der Waals surface area contributed by atoms with Crippen molar-refractivity contribution in [3.8, 4) is 0 Å². The summed E-state index contributed by atoms with van der Waals surface area (Å²) in [5.41, 5.74) is 0.451. The van der Waals surface area contributed by atoms with E-state index in [9.17, 15) is 18.6 Å². The summed E-state index contributed by atoms with van der Waals surface area (Å²) in [7, 11) is -4.14. The second-order valence-electron chi connectivity index (χ2n) is 6.40. The number of aliphatic hydroxyl groups is 2. The van der Waals surface area contributed by atoms with Crippen LogP contribution in [-0.2, 0) is 14.5 Å². The molecule has 29 heavy (non-hydrogen) atoms. The molecule has 0 radical (unpaired) electrons. The van der Waals surface area contributed by atoms with E-state index in [1.54, 1.807) is 19.2 Å². The van der Waals surface area contributed by atoms with Crippen molar-refractivity contribution < 1.29 is 22.8 Å². The Labute approximate surface area is 172 Å². The molecule has 3 rings (SSSR count). The molecule has 0 aliphatic carbocycles. The van der Waals surface area contributed by atoms with E-state index in [0.29, 0.717) is 17.1 Å². The van der Waals surface area contributed by atoms with E-state index in [0.717, 1.165) is 10.3 Å². The van der Waals surface area contributed by atoms with E-state index in [2.05, 4.69) is 14.2 Å². The Bertz CT molecular complexity index is 1060. The first-order valence-corrected chi connectivity index (χ1v) is 11.2. The van der Waals surface area contributed by atoms with Gasteiger partial charge in [0.05, 0.1) is 12.0 Å². The molecule has 11 heteroatoms. The maximum absolute atomic E-state index is 11.0. The number of aliphatic hydroxyl groups excluding tert-OH is 2. The van der Waals surface area contributed by atoms with Crippen molar-refractivity contribution in [1.29, 1.82) is 0 Å². The molecule has 2 heterocycles. The fourth-order valence-corrected chi connectivity index (χ4v) is 4.14. The lowest BCUT2D eigenvalue weighted by Gasteiger charge is -2.26.